The summed E-state index contributed by atoms with van der Waals surface area (Å²) in [5, 5.41) is 0. The molecule has 2 aromatic rings. The van der Waals surface area contributed by atoms with Crippen LogP contribution in [-0.4, -0.2) is 44.9 Å². The van der Waals surface area contributed by atoms with Gasteiger partial charge in [-0.1, -0.05) is 34.1 Å². The van der Waals surface area contributed by atoms with Crippen LogP contribution in [0.3, 0.4) is 0 Å². The maximum atomic E-state index is 13.8. The van der Waals surface area contributed by atoms with Gasteiger partial charge in [-0.3, -0.25) is 4.79 Å². The zero-order chi connectivity index (χ0) is 18.4. The van der Waals surface area contributed by atoms with Gasteiger partial charge in [0.15, 0.2) is 5.78 Å². The Bertz CT molecular complexity index is 774. The first-order valence-corrected chi connectivity index (χ1v) is 8.79. The molecule has 0 aliphatic heterocycles. The number of halogens is 2. The third-order valence-electron chi connectivity index (χ3n) is 3.83. The number of allylic oxidation sites excluding steroid dienone is 1. The van der Waals surface area contributed by atoms with Crippen molar-refractivity contribution in [2.24, 2.45) is 0 Å². The molecule has 25 heavy (non-hydrogen) atoms. The van der Waals surface area contributed by atoms with Gasteiger partial charge in [-0.2, -0.15) is 0 Å². The Kier molecular flexibility index (Phi) is 6.91. The third kappa shape index (κ3) is 5.80. The highest BCUT2D eigenvalue weighted by Gasteiger charge is 2.07. The summed E-state index contributed by atoms with van der Waals surface area (Å²) in [5.41, 5.74) is 1.95. The summed E-state index contributed by atoms with van der Waals surface area (Å²) in [6.07, 6.45) is 2.91. The predicted molar refractivity (Wildman–Crippen MR) is 106 cm³/mol. The maximum Gasteiger partial charge on any atom is 0.185 e. The number of ketones is 1. The van der Waals surface area contributed by atoms with Crippen LogP contribution in [0.4, 0.5) is 10.1 Å². The largest absolute Gasteiger partial charge is 0.373 e. The van der Waals surface area contributed by atoms with E-state index >= 15 is 0 Å². The summed E-state index contributed by atoms with van der Waals surface area (Å²) in [6, 6.07) is 12.2. The maximum absolute atomic E-state index is 13.8. The average Bonchev–Trinajstić information content (AvgIpc) is 2.58. The van der Waals surface area contributed by atoms with E-state index in [-0.39, 0.29) is 11.6 Å². The van der Waals surface area contributed by atoms with Gasteiger partial charge in [0.05, 0.1) is 0 Å². The van der Waals surface area contributed by atoms with Crippen LogP contribution < -0.4 is 4.90 Å². The quantitative estimate of drug-likeness (QED) is 0.501. The van der Waals surface area contributed by atoms with Crippen molar-refractivity contribution in [1.82, 2.24) is 4.90 Å². The molecule has 0 heterocycles. The summed E-state index contributed by atoms with van der Waals surface area (Å²) in [7, 11) is 6.06. The topological polar surface area (TPSA) is 23.6 Å². The number of rotatable bonds is 7. The smallest absolute Gasteiger partial charge is 0.185 e. The summed E-state index contributed by atoms with van der Waals surface area (Å²) in [5.74, 6) is -0.513. The zero-order valence-corrected chi connectivity index (χ0v) is 16.3. The lowest BCUT2D eigenvalue weighted by molar-refractivity contribution is 0.104. The molecule has 0 aliphatic rings. The Balaban J connectivity index is 2.11. The Labute approximate surface area is 156 Å². The van der Waals surface area contributed by atoms with E-state index in [0.717, 1.165) is 18.8 Å². The first-order chi connectivity index (χ1) is 11.9. The number of benzene rings is 2. The Morgan fingerprint density at radius 3 is 2.56 bits per heavy atom. The monoisotopic (exact) mass is 404 g/mol. The van der Waals surface area contributed by atoms with E-state index in [1.165, 1.54) is 18.2 Å². The number of carbonyl (C=O) groups excluding carboxylic acids is 1. The van der Waals surface area contributed by atoms with Gasteiger partial charge in [0.1, 0.15) is 5.82 Å². The highest BCUT2D eigenvalue weighted by atomic mass is 79.9. The molecule has 0 amide bonds. The molecule has 0 unspecified atom stereocenters. The second-order valence-corrected chi connectivity index (χ2v) is 7.05. The van der Waals surface area contributed by atoms with Crippen molar-refractivity contribution >= 4 is 33.5 Å². The molecule has 0 radical (unpaired) electrons. The molecule has 0 aliphatic carbocycles. The highest BCUT2D eigenvalue weighted by molar-refractivity contribution is 9.10. The second kappa shape index (κ2) is 8.92. The molecule has 3 nitrogen and oxygen atoms in total. The van der Waals surface area contributed by atoms with E-state index in [9.17, 15) is 9.18 Å². The molecule has 0 spiro atoms. The minimum Gasteiger partial charge on any atom is -0.373 e. The van der Waals surface area contributed by atoms with Gasteiger partial charge in [0.25, 0.3) is 0 Å². The number of nitrogens with zero attached hydrogens (tertiary/aromatic N) is 2. The number of anilines is 1. The molecule has 0 bridgehead atoms. The van der Waals surface area contributed by atoms with Crippen LogP contribution in [-0.2, 0) is 0 Å². The normalized spacial score (nSPS) is 11.3. The molecule has 5 heteroatoms. The molecule has 0 aromatic heterocycles. The van der Waals surface area contributed by atoms with Gasteiger partial charge < -0.3 is 9.80 Å². The third-order valence-corrected chi connectivity index (χ3v) is 4.32. The standard InChI is InChI=1S/C20H22BrFN2O/c1-23(2)11-12-24(3)18-6-4-5-16(13-18)20(25)10-8-15-7-9-17(21)14-19(15)22/h4-10,13-14H,11-12H2,1-3H3. The van der Waals surface area contributed by atoms with E-state index in [0.29, 0.717) is 15.6 Å². The van der Waals surface area contributed by atoms with Gasteiger partial charge >= 0.3 is 0 Å². The molecule has 0 fully saturated rings. The van der Waals surface area contributed by atoms with E-state index in [1.807, 2.05) is 39.3 Å². The van der Waals surface area contributed by atoms with E-state index < -0.39 is 0 Å². The molecule has 2 aromatic carbocycles. The molecular weight excluding hydrogens is 383 g/mol. The van der Waals surface area contributed by atoms with Gasteiger partial charge in [-0.25, -0.2) is 4.39 Å². The lowest BCUT2D eigenvalue weighted by Crippen LogP contribution is -2.28. The van der Waals surface area contributed by atoms with E-state index in [1.54, 1.807) is 18.2 Å². The van der Waals surface area contributed by atoms with E-state index in [4.69, 9.17) is 0 Å². The predicted octanol–water partition coefficient (Wildman–Crippen LogP) is 4.48. The number of carbonyl (C=O) groups is 1. The molecular formula is C20H22BrFN2O. The zero-order valence-electron chi connectivity index (χ0n) is 14.7. The van der Waals surface area contributed by atoms with Gasteiger partial charge in [0, 0.05) is 41.4 Å². The molecule has 0 atom stereocenters. The average molecular weight is 405 g/mol. The molecule has 132 valence electrons. The van der Waals surface area contributed by atoms with Crippen molar-refractivity contribution < 1.29 is 9.18 Å². The summed E-state index contributed by atoms with van der Waals surface area (Å²) < 4.78 is 14.5. The van der Waals surface area contributed by atoms with Crippen LogP contribution in [0.15, 0.2) is 53.0 Å². The van der Waals surface area contributed by atoms with Crippen LogP contribution in [0.2, 0.25) is 0 Å². The Morgan fingerprint density at radius 2 is 1.88 bits per heavy atom. The fourth-order valence-corrected chi connectivity index (χ4v) is 2.61. The van der Waals surface area contributed by atoms with Crippen LogP contribution in [0.5, 0.6) is 0 Å². The lowest BCUT2D eigenvalue weighted by atomic mass is 10.1. The number of likely N-dealkylation sites (N-methyl/N-ethyl adjacent to an activating group) is 2. The molecule has 2 rings (SSSR count). The Morgan fingerprint density at radius 1 is 1.12 bits per heavy atom. The van der Waals surface area contributed by atoms with Crippen LogP contribution in [0.25, 0.3) is 6.08 Å². The lowest BCUT2D eigenvalue weighted by Gasteiger charge is -2.21. The van der Waals surface area contributed by atoms with Crippen molar-refractivity contribution in [3.05, 3.63) is 70.0 Å². The summed E-state index contributed by atoms with van der Waals surface area (Å²) in [4.78, 5) is 16.6. The number of hydrogen-bond acceptors (Lipinski definition) is 3. The van der Waals surface area contributed by atoms with E-state index in [2.05, 4.69) is 25.7 Å². The minimum absolute atomic E-state index is 0.148. The number of hydrogen-bond donors (Lipinski definition) is 0. The summed E-state index contributed by atoms with van der Waals surface area (Å²) in [6.45, 7) is 1.79. The van der Waals surface area contributed by atoms with Crippen LogP contribution in [0, 0.1) is 5.82 Å². The van der Waals surface area contributed by atoms with Crippen LogP contribution in [0.1, 0.15) is 15.9 Å². The highest BCUT2D eigenvalue weighted by Crippen LogP contribution is 2.18. The van der Waals surface area contributed by atoms with Gasteiger partial charge in [-0.05, 0) is 50.5 Å². The van der Waals surface area contributed by atoms with Crippen molar-refractivity contribution in [1.29, 1.82) is 0 Å². The van der Waals surface area contributed by atoms with Crippen molar-refractivity contribution in [3.8, 4) is 0 Å². The molecule has 0 saturated carbocycles. The van der Waals surface area contributed by atoms with Gasteiger partial charge in [-0.15, -0.1) is 0 Å². The molecule has 0 saturated heterocycles. The second-order valence-electron chi connectivity index (χ2n) is 6.14. The van der Waals surface area contributed by atoms with Crippen molar-refractivity contribution in [3.63, 3.8) is 0 Å². The fraction of sp³-hybridized carbons (Fsp3) is 0.250. The van der Waals surface area contributed by atoms with Crippen molar-refractivity contribution in [2.75, 3.05) is 39.1 Å². The summed E-state index contributed by atoms with van der Waals surface area (Å²) >= 11 is 3.22. The van der Waals surface area contributed by atoms with Crippen molar-refractivity contribution in [2.45, 2.75) is 0 Å². The first kappa shape index (κ1) is 19.3. The first-order valence-electron chi connectivity index (χ1n) is 8.00. The minimum atomic E-state index is -0.365. The Hall–Kier alpha value is -1.98. The van der Waals surface area contributed by atoms with Gasteiger partial charge in [0.2, 0.25) is 0 Å². The molecule has 0 N–H and O–H groups in total. The SMILES string of the molecule is CN(C)CCN(C)c1cccc(C(=O)C=Cc2ccc(Br)cc2F)c1. The van der Waals surface area contributed by atoms with Crippen LogP contribution >= 0.6 is 15.9 Å². The fourth-order valence-electron chi connectivity index (χ4n) is 2.27.